The lowest BCUT2D eigenvalue weighted by atomic mass is 10.00. The van der Waals surface area contributed by atoms with Crippen molar-refractivity contribution in [2.75, 3.05) is 33.9 Å². The number of fused-ring (bicyclic) bond motifs is 1. The lowest BCUT2D eigenvalue weighted by molar-refractivity contribution is -0.130. The van der Waals surface area contributed by atoms with E-state index in [9.17, 15) is 14.4 Å². The molecule has 0 aliphatic carbocycles. The van der Waals surface area contributed by atoms with Crippen molar-refractivity contribution in [3.8, 4) is 45.3 Å². The van der Waals surface area contributed by atoms with Crippen molar-refractivity contribution in [1.29, 1.82) is 0 Å². The number of methoxy groups -OCH3 is 2. The molecule has 60 heavy (non-hydrogen) atoms. The molecule has 1 atom stereocenters. The molecule has 1 aromatic carbocycles. The van der Waals surface area contributed by atoms with E-state index in [0.29, 0.717) is 86.4 Å². The second kappa shape index (κ2) is 18.0. The molecule has 14 nitrogen and oxygen atoms in total. The minimum Gasteiger partial charge on any atom is -0.493 e. The van der Waals surface area contributed by atoms with E-state index >= 15 is 0 Å². The van der Waals surface area contributed by atoms with Crippen molar-refractivity contribution in [3.05, 3.63) is 82.4 Å². The molecule has 0 saturated carbocycles. The van der Waals surface area contributed by atoms with Crippen molar-refractivity contribution in [2.24, 2.45) is 0 Å². The summed E-state index contributed by atoms with van der Waals surface area (Å²) in [5.74, 6) is 0.969. The number of rotatable bonds is 12. The van der Waals surface area contributed by atoms with Crippen LogP contribution in [0.3, 0.4) is 0 Å². The minimum atomic E-state index is -0.707. The van der Waals surface area contributed by atoms with Crippen LogP contribution in [0, 0.1) is 0 Å². The number of ether oxygens (including phenoxy) is 3. The molecule has 0 spiro atoms. The van der Waals surface area contributed by atoms with E-state index in [2.05, 4.69) is 15.6 Å². The smallest absolute Gasteiger partial charge is 0.410 e. The molecule has 5 aromatic rings. The molecular formula is C44H50Cl2N8O6. The SMILES string of the molecule is COc1nc(-c2cccc(-c3ccnc(-c4cc(OC)c5nc(CNC6CCN(C(C)=O)CC6)cn5c4)c3Cl)c2Cl)ccc1CN(C[C@@H]1CCC(=O)N1)C(=O)OC(C)(C)C. The highest BCUT2D eigenvalue weighted by atomic mass is 35.5. The van der Waals surface area contributed by atoms with Crippen molar-refractivity contribution in [1.82, 2.24) is 39.8 Å². The van der Waals surface area contributed by atoms with Crippen molar-refractivity contribution < 1.29 is 28.6 Å². The number of nitrogens with zero attached hydrogens (tertiary/aromatic N) is 6. The Labute approximate surface area is 359 Å². The van der Waals surface area contributed by atoms with Gasteiger partial charge in [0, 0.05) is 98.0 Å². The molecule has 316 valence electrons. The van der Waals surface area contributed by atoms with E-state index < -0.39 is 11.7 Å². The second-order valence-electron chi connectivity index (χ2n) is 16.1. The number of amides is 3. The zero-order chi connectivity index (χ0) is 42.7. The monoisotopic (exact) mass is 856 g/mol. The van der Waals surface area contributed by atoms with Crippen molar-refractivity contribution in [2.45, 2.75) is 84.2 Å². The summed E-state index contributed by atoms with van der Waals surface area (Å²) in [7, 11) is 3.13. The zero-order valence-electron chi connectivity index (χ0n) is 34.7. The molecule has 7 rings (SSSR count). The quantitative estimate of drug-likeness (QED) is 0.129. The Morgan fingerprint density at radius 2 is 1.72 bits per heavy atom. The third-order valence-electron chi connectivity index (χ3n) is 10.7. The maximum Gasteiger partial charge on any atom is 0.410 e. The molecule has 0 bridgehead atoms. The Balaban J connectivity index is 1.13. The topological polar surface area (TPSA) is 153 Å². The lowest BCUT2D eigenvalue weighted by Crippen LogP contribution is -2.43. The molecule has 2 saturated heterocycles. The molecule has 2 aliphatic rings. The molecule has 4 aromatic heterocycles. The number of pyridine rings is 3. The number of halogens is 2. The van der Waals surface area contributed by atoms with E-state index in [-0.39, 0.29) is 30.9 Å². The van der Waals surface area contributed by atoms with Crippen LogP contribution >= 0.6 is 23.2 Å². The fraction of sp³-hybridized carbons (Fsp3) is 0.409. The van der Waals surface area contributed by atoms with Gasteiger partial charge in [-0.3, -0.25) is 14.6 Å². The first-order chi connectivity index (χ1) is 28.7. The largest absolute Gasteiger partial charge is 0.493 e. The van der Waals surface area contributed by atoms with Crippen LogP contribution in [-0.4, -0.2) is 98.6 Å². The number of benzene rings is 1. The Bertz CT molecular complexity index is 2410. The summed E-state index contributed by atoms with van der Waals surface area (Å²) in [6, 6.07) is 13.2. The average molecular weight is 858 g/mol. The van der Waals surface area contributed by atoms with Gasteiger partial charge in [-0.15, -0.1) is 0 Å². The highest BCUT2D eigenvalue weighted by Gasteiger charge is 2.30. The van der Waals surface area contributed by atoms with Crippen LogP contribution in [0.2, 0.25) is 10.0 Å². The van der Waals surface area contributed by atoms with Crippen LogP contribution in [0.15, 0.2) is 61.1 Å². The van der Waals surface area contributed by atoms with Gasteiger partial charge in [0.05, 0.1) is 47.9 Å². The van der Waals surface area contributed by atoms with E-state index in [0.717, 1.165) is 37.2 Å². The zero-order valence-corrected chi connectivity index (χ0v) is 36.2. The first kappa shape index (κ1) is 42.7. The number of hydrogen-bond donors (Lipinski definition) is 2. The van der Waals surface area contributed by atoms with Crippen LogP contribution in [0.5, 0.6) is 11.6 Å². The molecule has 2 fully saturated rings. The van der Waals surface area contributed by atoms with Crippen molar-refractivity contribution >= 4 is 46.8 Å². The summed E-state index contributed by atoms with van der Waals surface area (Å²) in [4.78, 5) is 54.8. The third kappa shape index (κ3) is 9.61. The van der Waals surface area contributed by atoms with Crippen LogP contribution < -0.4 is 20.1 Å². The van der Waals surface area contributed by atoms with Gasteiger partial charge in [-0.2, -0.15) is 0 Å². The van der Waals surface area contributed by atoms with Gasteiger partial charge in [0.25, 0.3) is 0 Å². The number of carbonyl (C=O) groups excluding carboxylic acids is 3. The standard InChI is InChI=1S/C44H50Cl2N8O6/c1-26(55)52-18-15-29(16-19-52)48-21-31-25-53-23-28(20-36(58-5)41(53)50-31)40-39(46)33(14-17-47-40)32-8-7-9-34(38(32)45)35-12-10-27(42(51-35)59-6)22-54(43(57)60-44(2,3)4)24-30-11-13-37(56)49-30/h7-10,12,14,17,20,23,25,29-30,48H,11,13,15-16,18-19,21-22,24H2,1-6H3,(H,49,56)/t30-/m0/s1. The maximum absolute atomic E-state index is 13.3. The van der Waals surface area contributed by atoms with Gasteiger partial charge in [0.2, 0.25) is 17.7 Å². The molecule has 2 aliphatic heterocycles. The van der Waals surface area contributed by atoms with Gasteiger partial charge in [0.15, 0.2) is 11.4 Å². The summed E-state index contributed by atoms with van der Waals surface area (Å²) < 4.78 is 19.2. The summed E-state index contributed by atoms with van der Waals surface area (Å²) in [5.41, 5.74) is 5.30. The second-order valence-corrected chi connectivity index (χ2v) is 16.9. The van der Waals surface area contributed by atoms with Crippen LogP contribution in [0.25, 0.3) is 39.3 Å². The Morgan fingerprint density at radius 1 is 0.967 bits per heavy atom. The molecule has 2 N–H and O–H groups in total. The number of likely N-dealkylation sites (tertiary alicyclic amines) is 1. The van der Waals surface area contributed by atoms with Gasteiger partial charge in [-0.05, 0) is 64.3 Å². The average Bonchev–Trinajstić information content (AvgIpc) is 3.84. The highest BCUT2D eigenvalue weighted by molar-refractivity contribution is 6.39. The fourth-order valence-corrected chi connectivity index (χ4v) is 8.30. The number of imidazole rings is 1. The summed E-state index contributed by atoms with van der Waals surface area (Å²) >= 11 is 14.4. The van der Waals surface area contributed by atoms with Gasteiger partial charge in [-0.1, -0.05) is 41.4 Å². The normalized spacial score (nSPS) is 15.9. The van der Waals surface area contributed by atoms with E-state index in [1.165, 1.54) is 7.11 Å². The van der Waals surface area contributed by atoms with Crippen LogP contribution in [0.4, 0.5) is 4.79 Å². The van der Waals surface area contributed by atoms with Crippen LogP contribution in [-0.2, 0) is 27.4 Å². The predicted octanol–water partition coefficient (Wildman–Crippen LogP) is 7.57. The van der Waals surface area contributed by atoms with E-state index in [4.69, 9.17) is 47.4 Å². The lowest BCUT2D eigenvalue weighted by Gasteiger charge is -2.31. The first-order valence-electron chi connectivity index (χ1n) is 20.0. The predicted molar refractivity (Wildman–Crippen MR) is 230 cm³/mol. The number of nitrogens with one attached hydrogen (secondary N) is 2. The molecular weight excluding hydrogens is 807 g/mol. The maximum atomic E-state index is 13.3. The molecule has 6 heterocycles. The minimum absolute atomic E-state index is 0.0363. The van der Waals surface area contributed by atoms with E-state index in [1.807, 2.05) is 84.9 Å². The molecule has 16 heteroatoms. The fourth-order valence-electron chi connectivity index (χ4n) is 7.65. The van der Waals surface area contributed by atoms with Gasteiger partial charge in [-0.25, -0.2) is 14.8 Å². The summed E-state index contributed by atoms with van der Waals surface area (Å²) in [6.07, 6.45) is 7.92. The Hall–Kier alpha value is -5.44. The van der Waals surface area contributed by atoms with Gasteiger partial charge >= 0.3 is 6.09 Å². The molecule has 0 radical (unpaired) electrons. The summed E-state index contributed by atoms with van der Waals surface area (Å²) in [5, 5.41) is 7.36. The summed E-state index contributed by atoms with van der Waals surface area (Å²) in [6.45, 7) is 9.55. The number of hydrogen-bond acceptors (Lipinski definition) is 10. The van der Waals surface area contributed by atoms with Crippen molar-refractivity contribution in [3.63, 3.8) is 0 Å². The van der Waals surface area contributed by atoms with Crippen LogP contribution in [0.1, 0.15) is 64.6 Å². The van der Waals surface area contributed by atoms with Gasteiger partial charge < -0.3 is 39.0 Å². The third-order valence-corrected chi connectivity index (χ3v) is 11.5. The number of aromatic nitrogens is 4. The van der Waals surface area contributed by atoms with E-state index in [1.54, 1.807) is 25.1 Å². The molecule has 0 unspecified atom stereocenters. The molecule has 3 amide bonds. The Kier molecular flexibility index (Phi) is 12.8. The van der Waals surface area contributed by atoms with Gasteiger partial charge in [0.1, 0.15) is 5.60 Å². The number of piperidine rings is 1. The number of carbonyl (C=O) groups is 3. The first-order valence-corrected chi connectivity index (χ1v) is 20.8. The Morgan fingerprint density at radius 3 is 2.40 bits per heavy atom. The highest BCUT2D eigenvalue weighted by Crippen LogP contribution is 2.42.